The lowest BCUT2D eigenvalue weighted by Crippen LogP contribution is -2.34. The first kappa shape index (κ1) is 19.8. The van der Waals surface area contributed by atoms with Crippen molar-refractivity contribution in [2.75, 3.05) is 11.4 Å². The maximum atomic E-state index is 13.2. The predicted molar refractivity (Wildman–Crippen MR) is 112 cm³/mol. The highest BCUT2D eigenvalue weighted by Gasteiger charge is 2.19. The second-order valence-electron chi connectivity index (χ2n) is 7.24. The number of anilines is 1. The third-order valence-corrected chi connectivity index (χ3v) is 5.14. The van der Waals surface area contributed by atoms with Crippen LogP contribution in [0.3, 0.4) is 0 Å². The molecule has 0 fully saturated rings. The maximum absolute atomic E-state index is 13.2. The van der Waals surface area contributed by atoms with Gasteiger partial charge in [0.25, 0.3) is 0 Å². The van der Waals surface area contributed by atoms with E-state index in [9.17, 15) is 4.79 Å². The van der Waals surface area contributed by atoms with Gasteiger partial charge in [-0.2, -0.15) is 0 Å². The molecule has 2 aromatic heterocycles. The zero-order chi connectivity index (χ0) is 19.9. The summed E-state index contributed by atoms with van der Waals surface area (Å²) < 4.78 is 2.01. The van der Waals surface area contributed by atoms with Gasteiger partial charge in [-0.3, -0.25) is 9.78 Å². The summed E-state index contributed by atoms with van der Waals surface area (Å²) in [6.07, 6.45) is 11.4. The Balaban J connectivity index is 1.72. The Labute approximate surface area is 167 Å². The van der Waals surface area contributed by atoms with Gasteiger partial charge in [0, 0.05) is 50.0 Å². The maximum Gasteiger partial charge on any atom is 0.227 e. The number of hydrogen-bond donors (Lipinski definition) is 0. The fourth-order valence-corrected chi connectivity index (χ4v) is 3.55. The highest BCUT2D eigenvalue weighted by atomic mass is 16.2. The van der Waals surface area contributed by atoms with E-state index in [2.05, 4.69) is 42.9 Å². The number of imidazole rings is 1. The van der Waals surface area contributed by atoms with Crippen LogP contribution in [-0.4, -0.2) is 27.0 Å². The molecule has 0 bridgehead atoms. The van der Waals surface area contributed by atoms with Gasteiger partial charge in [-0.25, -0.2) is 4.98 Å². The van der Waals surface area contributed by atoms with Crippen LogP contribution in [0.2, 0.25) is 0 Å². The van der Waals surface area contributed by atoms with E-state index < -0.39 is 0 Å². The number of aryl methyl sites for hydroxylation is 4. The number of hydrogen-bond acceptors (Lipinski definition) is 3. The van der Waals surface area contributed by atoms with Crippen molar-refractivity contribution >= 4 is 11.6 Å². The molecule has 3 aromatic rings. The van der Waals surface area contributed by atoms with Gasteiger partial charge in [-0.15, -0.1) is 0 Å². The molecule has 0 N–H and O–H groups in total. The van der Waals surface area contributed by atoms with Crippen molar-refractivity contribution in [3.05, 3.63) is 77.6 Å². The van der Waals surface area contributed by atoms with E-state index in [0.717, 1.165) is 36.2 Å². The molecule has 0 saturated carbocycles. The number of para-hydroxylation sites is 1. The Morgan fingerprint density at radius 1 is 1.04 bits per heavy atom. The summed E-state index contributed by atoms with van der Waals surface area (Å²) in [5.41, 5.74) is 5.73. The fourth-order valence-electron chi connectivity index (χ4n) is 3.55. The third-order valence-electron chi connectivity index (χ3n) is 5.14. The topological polar surface area (TPSA) is 51.0 Å². The van der Waals surface area contributed by atoms with Crippen LogP contribution in [0.1, 0.15) is 35.1 Å². The number of pyridine rings is 1. The summed E-state index contributed by atoms with van der Waals surface area (Å²) in [7, 11) is 0. The van der Waals surface area contributed by atoms with Crippen LogP contribution >= 0.6 is 0 Å². The van der Waals surface area contributed by atoms with Crippen LogP contribution < -0.4 is 4.90 Å². The Hall–Kier alpha value is -2.95. The van der Waals surface area contributed by atoms with Gasteiger partial charge in [0.1, 0.15) is 0 Å². The Morgan fingerprint density at radius 2 is 1.82 bits per heavy atom. The molecule has 146 valence electrons. The second kappa shape index (κ2) is 9.31. The largest absolute Gasteiger partial charge is 0.336 e. The first-order valence-electron chi connectivity index (χ1n) is 9.78. The molecule has 0 saturated heterocycles. The highest BCUT2D eigenvalue weighted by Crippen LogP contribution is 2.26. The summed E-state index contributed by atoms with van der Waals surface area (Å²) in [6, 6.07) is 8.20. The monoisotopic (exact) mass is 376 g/mol. The quantitative estimate of drug-likeness (QED) is 0.590. The van der Waals surface area contributed by atoms with Gasteiger partial charge in [0.05, 0.1) is 6.33 Å². The first-order chi connectivity index (χ1) is 13.6. The molecule has 28 heavy (non-hydrogen) atoms. The lowest BCUT2D eigenvalue weighted by atomic mass is 10.0. The number of benzene rings is 1. The SMILES string of the molecule is Cc1ccncc1CCCC(=O)N(CCn1ccnc1)c1c(C)cccc1C. The second-order valence-corrected chi connectivity index (χ2v) is 7.24. The van der Waals surface area contributed by atoms with Crippen molar-refractivity contribution in [3.63, 3.8) is 0 Å². The predicted octanol–water partition coefficient (Wildman–Crippen LogP) is 4.26. The van der Waals surface area contributed by atoms with Crippen molar-refractivity contribution in [2.24, 2.45) is 0 Å². The molecule has 2 heterocycles. The van der Waals surface area contributed by atoms with E-state index in [0.29, 0.717) is 13.0 Å². The molecule has 0 atom stereocenters. The zero-order valence-electron chi connectivity index (χ0n) is 16.9. The lowest BCUT2D eigenvalue weighted by Gasteiger charge is -2.26. The van der Waals surface area contributed by atoms with Gasteiger partial charge in [0.15, 0.2) is 0 Å². The van der Waals surface area contributed by atoms with E-state index in [1.807, 2.05) is 40.2 Å². The van der Waals surface area contributed by atoms with Crippen LogP contribution in [0.4, 0.5) is 5.69 Å². The first-order valence-corrected chi connectivity index (χ1v) is 9.78. The summed E-state index contributed by atoms with van der Waals surface area (Å²) in [5.74, 6) is 0.166. The molecule has 3 rings (SSSR count). The molecule has 0 spiro atoms. The average molecular weight is 377 g/mol. The minimum absolute atomic E-state index is 0.166. The summed E-state index contributed by atoms with van der Waals surface area (Å²) >= 11 is 0. The van der Waals surface area contributed by atoms with Gasteiger partial charge >= 0.3 is 0 Å². The average Bonchev–Trinajstić information content (AvgIpc) is 3.19. The summed E-state index contributed by atoms with van der Waals surface area (Å²) in [5, 5.41) is 0. The minimum Gasteiger partial charge on any atom is -0.336 e. The Bertz CT molecular complexity index is 898. The number of aromatic nitrogens is 3. The molecule has 5 nitrogen and oxygen atoms in total. The Kier molecular flexibility index (Phi) is 6.58. The standard InChI is InChI=1S/C23H28N4O/c1-18-10-11-24-16-21(18)8-5-9-22(28)27(15-14-26-13-12-25-17-26)23-19(2)6-4-7-20(23)3/h4,6-7,10-13,16-17H,5,8-9,14-15H2,1-3H3. The molecule has 5 heteroatoms. The third kappa shape index (κ3) is 4.85. The van der Waals surface area contributed by atoms with Gasteiger partial charge in [-0.05, 0) is 61.9 Å². The Morgan fingerprint density at radius 3 is 2.50 bits per heavy atom. The zero-order valence-corrected chi connectivity index (χ0v) is 16.9. The van der Waals surface area contributed by atoms with Gasteiger partial charge in [0.2, 0.25) is 5.91 Å². The van der Waals surface area contributed by atoms with Crippen molar-refractivity contribution in [1.82, 2.24) is 14.5 Å². The fraction of sp³-hybridized carbons (Fsp3) is 0.348. The molecule has 1 amide bonds. The molecule has 0 aliphatic rings. The number of nitrogens with zero attached hydrogens (tertiary/aromatic N) is 4. The van der Waals surface area contributed by atoms with E-state index in [1.54, 1.807) is 12.5 Å². The molecular formula is C23H28N4O. The van der Waals surface area contributed by atoms with Crippen molar-refractivity contribution in [3.8, 4) is 0 Å². The summed E-state index contributed by atoms with van der Waals surface area (Å²) in [6.45, 7) is 7.58. The van der Waals surface area contributed by atoms with E-state index in [-0.39, 0.29) is 5.91 Å². The molecule has 1 aromatic carbocycles. The number of carbonyl (C=O) groups excluding carboxylic acids is 1. The molecule has 0 radical (unpaired) electrons. The van der Waals surface area contributed by atoms with E-state index in [1.165, 1.54) is 11.1 Å². The number of carbonyl (C=O) groups is 1. The molecule has 0 aliphatic carbocycles. The lowest BCUT2D eigenvalue weighted by molar-refractivity contribution is -0.118. The van der Waals surface area contributed by atoms with Crippen molar-refractivity contribution in [1.29, 1.82) is 0 Å². The van der Waals surface area contributed by atoms with Crippen LogP contribution in [0.5, 0.6) is 0 Å². The van der Waals surface area contributed by atoms with Crippen molar-refractivity contribution < 1.29 is 4.79 Å². The van der Waals surface area contributed by atoms with Crippen LogP contribution in [-0.2, 0) is 17.8 Å². The number of rotatable bonds is 8. The normalized spacial score (nSPS) is 10.8. The van der Waals surface area contributed by atoms with E-state index in [4.69, 9.17) is 0 Å². The van der Waals surface area contributed by atoms with Gasteiger partial charge < -0.3 is 9.47 Å². The van der Waals surface area contributed by atoms with E-state index >= 15 is 0 Å². The highest BCUT2D eigenvalue weighted by molar-refractivity contribution is 5.94. The van der Waals surface area contributed by atoms with Gasteiger partial charge in [-0.1, -0.05) is 18.2 Å². The van der Waals surface area contributed by atoms with Crippen molar-refractivity contribution in [2.45, 2.75) is 46.6 Å². The van der Waals surface area contributed by atoms with Crippen LogP contribution in [0.15, 0.2) is 55.4 Å². The number of amides is 1. The molecular weight excluding hydrogens is 348 g/mol. The van der Waals surface area contributed by atoms with Crippen LogP contribution in [0.25, 0.3) is 0 Å². The summed E-state index contributed by atoms with van der Waals surface area (Å²) in [4.78, 5) is 23.4. The molecule has 0 unspecified atom stereocenters. The smallest absolute Gasteiger partial charge is 0.227 e. The van der Waals surface area contributed by atoms with Crippen LogP contribution in [0, 0.1) is 20.8 Å². The minimum atomic E-state index is 0.166. The molecule has 0 aliphatic heterocycles.